The van der Waals surface area contributed by atoms with Crippen molar-refractivity contribution in [3.8, 4) is 11.5 Å². The molecule has 2 heterocycles. The van der Waals surface area contributed by atoms with E-state index < -0.39 is 0 Å². The van der Waals surface area contributed by atoms with Crippen LogP contribution in [0.25, 0.3) is 0 Å². The number of carbonyl (C=O) groups is 1. The molecule has 1 N–H and O–H groups in total. The van der Waals surface area contributed by atoms with Crippen LogP contribution >= 0.6 is 11.3 Å². The summed E-state index contributed by atoms with van der Waals surface area (Å²) in [5, 5.41) is 4.98. The van der Waals surface area contributed by atoms with Crippen LogP contribution in [0.2, 0.25) is 0 Å². The van der Waals surface area contributed by atoms with Crippen molar-refractivity contribution in [2.24, 2.45) is 0 Å². The summed E-state index contributed by atoms with van der Waals surface area (Å²) in [6, 6.07) is 9.70. The zero-order chi connectivity index (χ0) is 13.8. The lowest BCUT2D eigenvalue weighted by Crippen LogP contribution is -2.27. The number of benzene rings is 1. The molecule has 0 fully saturated rings. The number of carbonyl (C=O) groups excluding carboxylic acids is 1. The third-order valence-electron chi connectivity index (χ3n) is 3.08. The molecule has 4 nitrogen and oxygen atoms in total. The summed E-state index contributed by atoms with van der Waals surface area (Å²) in [4.78, 5) is 13.1. The Morgan fingerprint density at radius 3 is 3.00 bits per heavy atom. The highest BCUT2D eigenvalue weighted by atomic mass is 32.1. The third-order valence-corrected chi connectivity index (χ3v) is 4.01. The van der Waals surface area contributed by atoms with Crippen LogP contribution in [0.4, 0.5) is 0 Å². The molecule has 0 radical (unpaired) electrons. The van der Waals surface area contributed by atoms with Crippen LogP contribution in [0, 0.1) is 0 Å². The van der Waals surface area contributed by atoms with Crippen molar-refractivity contribution in [3.05, 3.63) is 46.2 Å². The van der Waals surface area contributed by atoms with Gasteiger partial charge in [-0.1, -0.05) is 12.1 Å². The number of fused-ring (bicyclic) bond motifs is 1. The SMILES string of the molecule is O=C(Cc1ccc2c(c1)OCO2)NCCc1cccs1. The highest BCUT2D eigenvalue weighted by Crippen LogP contribution is 2.32. The summed E-state index contributed by atoms with van der Waals surface area (Å²) in [7, 11) is 0. The number of hydrogen-bond acceptors (Lipinski definition) is 4. The molecule has 0 unspecified atom stereocenters. The molecule has 1 aromatic heterocycles. The Balaban J connectivity index is 1.49. The Bertz CT molecular complexity index is 595. The summed E-state index contributed by atoms with van der Waals surface area (Å²) in [5.41, 5.74) is 0.933. The Labute approximate surface area is 121 Å². The van der Waals surface area contributed by atoms with E-state index >= 15 is 0 Å². The van der Waals surface area contributed by atoms with E-state index in [2.05, 4.69) is 11.4 Å². The lowest BCUT2D eigenvalue weighted by Gasteiger charge is -2.05. The lowest BCUT2D eigenvalue weighted by molar-refractivity contribution is -0.120. The van der Waals surface area contributed by atoms with Gasteiger partial charge in [-0.3, -0.25) is 4.79 Å². The number of rotatable bonds is 5. The van der Waals surface area contributed by atoms with Gasteiger partial charge in [0.05, 0.1) is 6.42 Å². The third kappa shape index (κ3) is 3.11. The van der Waals surface area contributed by atoms with Gasteiger partial charge in [-0.15, -0.1) is 11.3 Å². The van der Waals surface area contributed by atoms with Crippen LogP contribution in [-0.2, 0) is 17.6 Å². The van der Waals surface area contributed by atoms with Crippen LogP contribution in [0.5, 0.6) is 11.5 Å². The van der Waals surface area contributed by atoms with Gasteiger partial charge in [0.1, 0.15) is 0 Å². The smallest absolute Gasteiger partial charge is 0.231 e. The molecule has 1 amide bonds. The summed E-state index contributed by atoms with van der Waals surface area (Å²) in [6.07, 6.45) is 1.24. The minimum absolute atomic E-state index is 0.0282. The van der Waals surface area contributed by atoms with Crippen LogP contribution in [0.3, 0.4) is 0 Å². The summed E-state index contributed by atoms with van der Waals surface area (Å²) >= 11 is 1.71. The predicted octanol–water partition coefficient (Wildman–Crippen LogP) is 2.38. The van der Waals surface area contributed by atoms with Gasteiger partial charge in [0.25, 0.3) is 0 Å². The van der Waals surface area contributed by atoms with Crippen molar-refractivity contribution < 1.29 is 14.3 Å². The molecule has 0 spiro atoms. The van der Waals surface area contributed by atoms with Crippen molar-refractivity contribution in [1.82, 2.24) is 5.32 Å². The topological polar surface area (TPSA) is 47.6 Å². The monoisotopic (exact) mass is 289 g/mol. The molecule has 0 aliphatic carbocycles. The minimum atomic E-state index is 0.0282. The van der Waals surface area contributed by atoms with E-state index in [-0.39, 0.29) is 12.7 Å². The van der Waals surface area contributed by atoms with Gasteiger partial charge in [-0.2, -0.15) is 0 Å². The van der Waals surface area contributed by atoms with Gasteiger partial charge < -0.3 is 14.8 Å². The molecule has 1 aromatic carbocycles. The summed E-state index contributed by atoms with van der Waals surface area (Å²) in [6.45, 7) is 0.926. The molecule has 0 saturated carbocycles. The molecule has 1 aliphatic heterocycles. The van der Waals surface area contributed by atoms with E-state index in [0.29, 0.717) is 18.7 Å². The van der Waals surface area contributed by atoms with Gasteiger partial charge in [0.15, 0.2) is 11.5 Å². The highest BCUT2D eigenvalue weighted by molar-refractivity contribution is 7.09. The van der Waals surface area contributed by atoms with Gasteiger partial charge in [-0.05, 0) is 35.6 Å². The van der Waals surface area contributed by atoms with Crippen LogP contribution in [0.1, 0.15) is 10.4 Å². The number of hydrogen-bond donors (Lipinski definition) is 1. The van der Waals surface area contributed by atoms with Crippen LogP contribution in [-0.4, -0.2) is 19.2 Å². The zero-order valence-electron chi connectivity index (χ0n) is 10.9. The first-order valence-electron chi connectivity index (χ1n) is 6.49. The first-order valence-corrected chi connectivity index (χ1v) is 7.37. The quantitative estimate of drug-likeness (QED) is 0.919. The second kappa shape index (κ2) is 5.96. The fourth-order valence-corrected chi connectivity index (χ4v) is 2.79. The largest absolute Gasteiger partial charge is 0.454 e. The minimum Gasteiger partial charge on any atom is -0.454 e. The Hall–Kier alpha value is -2.01. The first-order chi connectivity index (χ1) is 9.81. The van der Waals surface area contributed by atoms with Crippen LogP contribution < -0.4 is 14.8 Å². The normalized spacial score (nSPS) is 12.4. The number of amides is 1. The Morgan fingerprint density at radius 1 is 1.25 bits per heavy atom. The second-order valence-electron chi connectivity index (χ2n) is 4.54. The fraction of sp³-hybridized carbons (Fsp3) is 0.267. The van der Waals surface area contributed by atoms with Gasteiger partial charge >= 0.3 is 0 Å². The van der Waals surface area contributed by atoms with Crippen molar-refractivity contribution in [3.63, 3.8) is 0 Å². The molecule has 20 heavy (non-hydrogen) atoms. The average Bonchev–Trinajstić information content (AvgIpc) is 3.08. The fourth-order valence-electron chi connectivity index (χ4n) is 2.08. The van der Waals surface area contributed by atoms with E-state index in [1.54, 1.807) is 11.3 Å². The highest BCUT2D eigenvalue weighted by Gasteiger charge is 2.14. The van der Waals surface area contributed by atoms with E-state index in [0.717, 1.165) is 17.7 Å². The summed E-state index contributed by atoms with van der Waals surface area (Å²) in [5.74, 6) is 1.49. The molecular weight excluding hydrogens is 274 g/mol. The molecule has 0 atom stereocenters. The van der Waals surface area contributed by atoms with Gasteiger partial charge in [0, 0.05) is 11.4 Å². The van der Waals surface area contributed by atoms with E-state index in [1.807, 2.05) is 29.6 Å². The second-order valence-corrected chi connectivity index (χ2v) is 5.58. The molecule has 1 aliphatic rings. The maximum atomic E-state index is 11.9. The standard InChI is InChI=1S/C15H15NO3S/c17-15(16-6-5-12-2-1-7-20-12)9-11-3-4-13-14(8-11)19-10-18-13/h1-4,7-8H,5-6,9-10H2,(H,16,17). The molecule has 104 valence electrons. The van der Waals surface area contributed by atoms with Crippen molar-refractivity contribution in [2.75, 3.05) is 13.3 Å². The Morgan fingerprint density at radius 2 is 2.15 bits per heavy atom. The average molecular weight is 289 g/mol. The van der Waals surface area contributed by atoms with Crippen molar-refractivity contribution >= 4 is 17.2 Å². The molecule has 3 rings (SSSR count). The maximum Gasteiger partial charge on any atom is 0.231 e. The van der Waals surface area contributed by atoms with Gasteiger partial charge in [0.2, 0.25) is 12.7 Å². The number of ether oxygens (including phenoxy) is 2. The molecule has 0 saturated heterocycles. The molecule has 5 heteroatoms. The predicted molar refractivity (Wildman–Crippen MR) is 77.3 cm³/mol. The summed E-state index contributed by atoms with van der Waals surface area (Å²) < 4.78 is 10.5. The number of thiophene rings is 1. The Kier molecular flexibility index (Phi) is 3.87. The zero-order valence-corrected chi connectivity index (χ0v) is 11.7. The molecule has 0 bridgehead atoms. The van der Waals surface area contributed by atoms with Crippen LogP contribution in [0.15, 0.2) is 35.7 Å². The maximum absolute atomic E-state index is 11.9. The molecular formula is C15H15NO3S. The van der Waals surface area contributed by atoms with E-state index in [4.69, 9.17) is 9.47 Å². The van der Waals surface area contributed by atoms with E-state index in [9.17, 15) is 4.79 Å². The van der Waals surface area contributed by atoms with Gasteiger partial charge in [-0.25, -0.2) is 0 Å². The molecule has 2 aromatic rings. The van der Waals surface area contributed by atoms with Crippen molar-refractivity contribution in [1.29, 1.82) is 0 Å². The number of nitrogens with one attached hydrogen (secondary N) is 1. The van der Waals surface area contributed by atoms with Crippen molar-refractivity contribution in [2.45, 2.75) is 12.8 Å². The van der Waals surface area contributed by atoms with E-state index in [1.165, 1.54) is 4.88 Å². The lowest BCUT2D eigenvalue weighted by atomic mass is 10.1. The first kappa shape index (κ1) is 13.0.